The first kappa shape index (κ1) is 16.8. The van der Waals surface area contributed by atoms with Gasteiger partial charge in [0.15, 0.2) is 0 Å². The van der Waals surface area contributed by atoms with Gasteiger partial charge in [0.1, 0.15) is 5.75 Å². The van der Waals surface area contributed by atoms with E-state index in [2.05, 4.69) is 66.7 Å². The van der Waals surface area contributed by atoms with Crippen LogP contribution in [0.4, 0.5) is 5.69 Å². The van der Waals surface area contributed by atoms with Crippen molar-refractivity contribution >= 4 is 5.69 Å². The molecule has 1 N–H and O–H groups in total. The Morgan fingerprint density at radius 1 is 1.08 bits per heavy atom. The lowest BCUT2D eigenvalue weighted by atomic mass is 9.98. The number of piperidine rings is 1. The van der Waals surface area contributed by atoms with Gasteiger partial charge in [0, 0.05) is 25.0 Å². The molecule has 1 fully saturated rings. The second-order valence-electron chi connectivity index (χ2n) is 6.78. The lowest BCUT2D eigenvalue weighted by molar-refractivity contribution is 0.190. The summed E-state index contributed by atoms with van der Waals surface area (Å²) in [4.78, 5) is 2.43. The summed E-state index contributed by atoms with van der Waals surface area (Å²) >= 11 is 0. The monoisotopic (exact) mass is 324 g/mol. The summed E-state index contributed by atoms with van der Waals surface area (Å²) in [5.74, 6) is 0.958. The van der Waals surface area contributed by atoms with Crippen LogP contribution in [0.3, 0.4) is 0 Å². The lowest BCUT2D eigenvalue weighted by Gasteiger charge is -2.36. The third-order valence-corrected chi connectivity index (χ3v) is 4.95. The number of para-hydroxylation sites is 2. The fraction of sp³-hybridized carbons (Fsp3) is 0.429. The molecule has 2 unspecified atom stereocenters. The molecule has 2 aromatic carbocycles. The molecule has 3 rings (SSSR count). The van der Waals surface area contributed by atoms with Crippen molar-refractivity contribution in [2.45, 2.75) is 38.3 Å². The van der Waals surface area contributed by atoms with Crippen molar-refractivity contribution < 1.29 is 4.74 Å². The Bertz CT molecular complexity index is 629. The number of benzene rings is 2. The van der Waals surface area contributed by atoms with Crippen LogP contribution in [0.2, 0.25) is 0 Å². The number of ether oxygens (including phenoxy) is 1. The minimum absolute atomic E-state index is 0.523. The number of likely N-dealkylation sites (tertiary alicyclic amines) is 1. The Hall–Kier alpha value is -2.00. The van der Waals surface area contributed by atoms with Crippen LogP contribution in [0, 0.1) is 0 Å². The van der Waals surface area contributed by atoms with Crippen LogP contribution >= 0.6 is 0 Å². The summed E-state index contributed by atoms with van der Waals surface area (Å²) in [5, 5.41) is 3.70. The summed E-state index contributed by atoms with van der Waals surface area (Å²) in [6.45, 7) is 4.15. The fourth-order valence-corrected chi connectivity index (χ4v) is 3.28. The molecule has 0 aromatic heterocycles. The Labute approximate surface area is 145 Å². The predicted octanol–water partition coefficient (Wildman–Crippen LogP) is 4.20. The van der Waals surface area contributed by atoms with Crippen molar-refractivity contribution in [1.82, 2.24) is 4.90 Å². The SMILES string of the molecule is CC1CC(Nc2ccccc2OCCc2ccccc2)CCN1C. The van der Waals surface area contributed by atoms with E-state index in [0.29, 0.717) is 18.7 Å². The highest BCUT2D eigenvalue weighted by atomic mass is 16.5. The van der Waals surface area contributed by atoms with Gasteiger partial charge in [0.05, 0.1) is 12.3 Å². The maximum Gasteiger partial charge on any atom is 0.142 e. The first-order chi connectivity index (χ1) is 11.7. The van der Waals surface area contributed by atoms with Crippen LogP contribution in [-0.4, -0.2) is 37.2 Å². The Morgan fingerprint density at radius 3 is 2.62 bits per heavy atom. The number of anilines is 1. The molecule has 1 aliphatic rings. The van der Waals surface area contributed by atoms with E-state index in [4.69, 9.17) is 4.74 Å². The summed E-state index contributed by atoms with van der Waals surface area (Å²) in [5.41, 5.74) is 2.43. The average Bonchev–Trinajstić information content (AvgIpc) is 2.61. The van der Waals surface area contributed by atoms with Gasteiger partial charge in [0.25, 0.3) is 0 Å². The average molecular weight is 324 g/mol. The molecule has 1 heterocycles. The van der Waals surface area contributed by atoms with E-state index in [-0.39, 0.29) is 0 Å². The van der Waals surface area contributed by atoms with E-state index >= 15 is 0 Å². The molecule has 0 radical (unpaired) electrons. The minimum atomic E-state index is 0.523. The van der Waals surface area contributed by atoms with E-state index in [1.807, 2.05) is 12.1 Å². The molecule has 0 saturated carbocycles. The number of nitrogens with one attached hydrogen (secondary N) is 1. The zero-order chi connectivity index (χ0) is 16.8. The summed E-state index contributed by atoms with van der Waals surface area (Å²) in [7, 11) is 2.21. The van der Waals surface area contributed by atoms with E-state index in [0.717, 1.165) is 24.4 Å². The van der Waals surface area contributed by atoms with Crippen molar-refractivity contribution in [3.8, 4) is 5.75 Å². The van der Waals surface area contributed by atoms with Gasteiger partial charge in [-0.05, 0) is 44.5 Å². The second kappa shape index (κ2) is 8.20. The van der Waals surface area contributed by atoms with Crippen LogP contribution in [0.25, 0.3) is 0 Å². The van der Waals surface area contributed by atoms with Crippen LogP contribution < -0.4 is 10.1 Å². The first-order valence-electron chi connectivity index (χ1n) is 8.95. The van der Waals surface area contributed by atoms with Gasteiger partial charge in [-0.15, -0.1) is 0 Å². The molecular weight excluding hydrogens is 296 g/mol. The molecule has 2 atom stereocenters. The minimum Gasteiger partial charge on any atom is -0.491 e. The molecule has 24 heavy (non-hydrogen) atoms. The molecule has 2 aromatic rings. The molecule has 0 aliphatic carbocycles. The van der Waals surface area contributed by atoms with Crippen molar-refractivity contribution in [3.63, 3.8) is 0 Å². The van der Waals surface area contributed by atoms with Crippen LogP contribution in [-0.2, 0) is 6.42 Å². The van der Waals surface area contributed by atoms with Gasteiger partial charge < -0.3 is 15.0 Å². The third kappa shape index (κ3) is 4.51. The fourth-order valence-electron chi connectivity index (χ4n) is 3.28. The highest BCUT2D eigenvalue weighted by molar-refractivity contribution is 5.56. The number of rotatable bonds is 6. The standard InChI is InChI=1S/C21H28N2O/c1-17-16-19(12-14-23(17)2)22-20-10-6-7-11-21(20)24-15-13-18-8-4-3-5-9-18/h3-11,17,19,22H,12-16H2,1-2H3. The molecule has 3 nitrogen and oxygen atoms in total. The third-order valence-electron chi connectivity index (χ3n) is 4.95. The van der Waals surface area contributed by atoms with Crippen molar-refractivity contribution in [2.24, 2.45) is 0 Å². The van der Waals surface area contributed by atoms with Crippen LogP contribution in [0.5, 0.6) is 5.75 Å². The van der Waals surface area contributed by atoms with Crippen molar-refractivity contribution in [3.05, 3.63) is 60.2 Å². The van der Waals surface area contributed by atoms with Gasteiger partial charge in [-0.2, -0.15) is 0 Å². The number of nitrogens with zero attached hydrogens (tertiary/aromatic N) is 1. The van der Waals surface area contributed by atoms with Crippen LogP contribution in [0.15, 0.2) is 54.6 Å². The first-order valence-corrected chi connectivity index (χ1v) is 8.95. The molecule has 128 valence electrons. The molecule has 3 heteroatoms. The number of hydrogen-bond donors (Lipinski definition) is 1. The van der Waals surface area contributed by atoms with E-state index < -0.39 is 0 Å². The lowest BCUT2D eigenvalue weighted by Crippen LogP contribution is -2.42. The van der Waals surface area contributed by atoms with E-state index in [9.17, 15) is 0 Å². The van der Waals surface area contributed by atoms with Gasteiger partial charge in [0.2, 0.25) is 0 Å². The van der Waals surface area contributed by atoms with Crippen molar-refractivity contribution in [2.75, 3.05) is 25.5 Å². The van der Waals surface area contributed by atoms with Crippen molar-refractivity contribution in [1.29, 1.82) is 0 Å². The predicted molar refractivity (Wildman–Crippen MR) is 101 cm³/mol. The maximum atomic E-state index is 6.06. The Kier molecular flexibility index (Phi) is 5.76. The molecule has 1 aliphatic heterocycles. The quantitative estimate of drug-likeness (QED) is 0.862. The van der Waals surface area contributed by atoms with E-state index in [1.54, 1.807) is 0 Å². The molecular formula is C21H28N2O. The van der Waals surface area contributed by atoms with E-state index in [1.165, 1.54) is 18.4 Å². The smallest absolute Gasteiger partial charge is 0.142 e. The molecule has 1 saturated heterocycles. The molecule has 0 amide bonds. The van der Waals surface area contributed by atoms with Crippen LogP contribution in [0.1, 0.15) is 25.3 Å². The van der Waals surface area contributed by atoms with Gasteiger partial charge in [-0.25, -0.2) is 0 Å². The Morgan fingerprint density at radius 2 is 1.83 bits per heavy atom. The second-order valence-corrected chi connectivity index (χ2v) is 6.78. The topological polar surface area (TPSA) is 24.5 Å². The van der Waals surface area contributed by atoms with Gasteiger partial charge in [-0.3, -0.25) is 0 Å². The largest absolute Gasteiger partial charge is 0.491 e. The van der Waals surface area contributed by atoms with Gasteiger partial charge >= 0.3 is 0 Å². The summed E-state index contributed by atoms with van der Waals surface area (Å²) < 4.78 is 6.06. The summed E-state index contributed by atoms with van der Waals surface area (Å²) in [6, 6.07) is 19.9. The summed E-state index contributed by atoms with van der Waals surface area (Å²) in [6.07, 6.45) is 3.29. The maximum absolute atomic E-state index is 6.06. The Balaban J connectivity index is 1.57. The number of hydrogen-bond acceptors (Lipinski definition) is 3. The molecule has 0 spiro atoms. The van der Waals surface area contributed by atoms with Gasteiger partial charge in [-0.1, -0.05) is 42.5 Å². The zero-order valence-corrected chi connectivity index (χ0v) is 14.7. The highest BCUT2D eigenvalue weighted by Gasteiger charge is 2.23. The normalized spacial score (nSPS) is 21.4. The highest BCUT2D eigenvalue weighted by Crippen LogP contribution is 2.27. The zero-order valence-electron chi connectivity index (χ0n) is 14.7. The molecule has 0 bridgehead atoms.